The van der Waals surface area contributed by atoms with Gasteiger partial charge in [0.05, 0.1) is 0 Å². The molecule has 76 valence electrons. The van der Waals surface area contributed by atoms with Gasteiger partial charge in [-0.2, -0.15) is 13.2 Å². The number of nitrogens with zero attached hydrogens (tertiary/aromatic N) is 2. The van der Waals surface area contributed by atoms with Crippen molar-refractivity contribution in [3.8, 4) is 0 Å². The van der Waals surface area contributed by atoms with Gasteiger partial charge in [0.1, 0.15) is 5.82 Å². The summed E-state index contributed by atoms with van der Waals surface area (Å²) in [4.78, 5) is 17.2. The Labute approximate surface area is 81.1 Å². The Kier molecular flexibility index (Phi) is 2.90. The third-order valence-electron chi connectivity index (χ3n) is 1.13. The van der Waals surface area contributed by atoms with Crippen molar-refractivity contribution in [2.45, 2.75) is 6.18 Å². The first-order chi connectivity index (χ1) is 6.39. The molecule has 0 aromatic carbocycles. The van der Waals surface area contributed by atoms with Crippen LogP contribution in [0, 0.1) is 0 Å². The van der Waals surface area contributed by atoms with E-state index in [2.05, 4.69) is 9.97 Å². The van der Waals surface area contributed by atoms with Crippen LogP contribution in [-0.4, -0.2) is 22.1 Å². The van der Waals surface area contributed by atoms with Crippen molar-refractivity contribution >= 4 is 23.3 Å². The van der Waals surface area contributed by atoms with Crippen molar-refractivity contribution < 1.29 is 18.0 Å². The fourth-order valence-corrected chi connectivity index (χ4v) is 0.739. The lowest BCUT2D eigenvalue weighted by atomic mass is 10.5. The maximum absolute atomic E-state index is 11.7. The predicted octanol–water partition coefficient (Wildman–Crippen LogP) is 1.63. The van der Waals surface area contributed by atoms with Gasteiger partial charge in [-0.15, -0.1) is 0 Å². The molecule has 14 heavy (non-hydrogen) atoms. The predicted molar refractivity (Wildman–Crippen MR) is 41.7 cm³/mol. The maximum Gasteiger partial charge on any atom is 0.471 e. The molecule has 0 fully saturated rings. The lowest BCUT2D eigenvalue weighted by Crippen LogP contribution is -2.30. The Morgan fingerprint density at radius 1 is 1.50 bits per heavy atom. The number of carbonyl (C=O) groups excluding carboxylic acids is 1. The zero-order chi connectivity index (χ0) is 10.8. The van der Waals surface area contributed by atoms with Crippen LogP contribution in [0.2, 0.25) is 5.28 Å². The number of carbonyl (C=O) groups is 1. The van der Waals surface area contributed by atoms with Crippen LogP contribution in [0.15, 0.2) is 12.3 Å². The number of hydrogen-bond donors (Lipinski definition) is 1. The molecule has 0 aliphatic carbocycles. The lowest BCUT2D eigenvalue weighted by molar-refractivity contribution is -0.167. The first-order valence-electron chi connectivity index (χ1n) is 3.26. The highest BCUT2D eigenvalue weighted by Gasteiger charge is 2.38. The first-order valence-corrected chi connectivity index (χ1v) is 3.64. The van der Waals surface area contributed by atoms with E-state index in [1.165, 1.54) is 5.32 Å². The van der Waals surface area contributed by atoms with Gasteiger partial charge in [-0.25, -0.2) is 9.97 Å². The fourth-order valence-electron chi connectivity index (χ4n) is 0.592. The van der Waals surface area contributed by atoms with Crippen LogP contribution in [0.3, 0.4) is 0 Å². The van der Waals surface area contributed by atoms with Crippen molar-refractivity contribution in [1.82, 2.24) is 9.97 Å². The second-order valence-electron chi connectivity index (χ2n) is 2.16. The summed E-state index contributed by atoms with van der Waals surface area (Å²) in [5.41, 5.74) is 0. The molecule has 0 spiro atoms. The van der Waals surface area contributed by atoms with Crippen molar-refractivity contribution in [3.05, 3.63) is 17.5 Å². The quantitative estimate of drug-likeness (QED) is 0.739. The van der Waals surface area contributed by atoms with E-state index in [4.69, 9.17) is 11.6 Å². The van der Waals surface area contributed by atoms with Gasteiger partial charge >= 0.3 is 12.1 Å². The summed E-state index contributed by atoms with van der Waals surface area (Å²) in [5.74, 6) is -2.40. The normalized spacial score (nSPS) is 11.1. The first kappa shape index (κ1) is 10.7. The molecule has 0 aliphatic heterocycles. The van der Waals surface area contributed by atoms with Crippen LogP contribution >= 0.6 is 11.6 Å². The Morgan fingerprint density at radius 3 is 2.64 bits per heavy atom. The van der Waals surface area contributed by atoms with E-state index in [1.807, 2.05) is 0 Å². The molecule has 0 saturated heterocycles. The van der Waals surface area contributed by atoms with Crippen LogP contribution in [0.4, 0.5) is 19.0 Å². The van der Waals surface area contributed by atoms with Crippen LogP contribution in [0.25, 0.3) is 0 Å². The lowest BCUT2D eigenvalue weighted by Gasteiger charge is -2.06. The van der Waals surface area contributed by atoms with E-state index in [0.717, 1.165) is 12.3 Å². The highest BCUT2D eigenvalue weighted by atomic mass is 35.5. The molecule has 0 aliphatic rings. The zero-order valence-corrected chi connectivity index (χ0v) is 7.23. The van der Waals surface area contributed by atoms with Crippen LogP contribution in [0.5, 0.6) is 0 Å². The molecule has 1 N–H and O–H groups in total. The Hall–Kier alpha value is -1.37. The molecule has 0 unspecified atom stereocenters. The summed E-state index contributed by atoms with van der Waals surface area (Å²) in [6.07, 6.45) is -3.82. The summed E-state index contributed by atoms with van der Waals surface area (Å²) in [6, 6.07) is 1.09. The molecule has 1 heterocycles. The third kappa shape index (κ3) is 2.84. The second kappa shape index (κ2) is 3.79. The number of halogens is 4. The SMILES string of the molecule is O=C(Nc1ccnc(Cl)n1)C(F)(F)F. The molecule has 1 aromatic heterocycles. The number of nitrogens with one attached hydrogen (secondary N) is 1. The molecule has 0 saturated carbocycles. The third-order valence-corrected chi connectivity index (χ3v) is 1.31. The standard InChI is InChI=1S/C6H3ClF3N3O/c7-5-11-2-1-3(13-5)12-4(14)6(8,9)10/h1-2H,(H,11,12,13,14). The molecular formula is C6H3ClF3N3O. The van der Waals surface area contributed by atoms with Crippen molar-refractivity contribution in [2.75, 3.05) is 5.32 Å². The van der Waals surface area contributed by atoms with Crippen molar-refractivity contribution in [2.24, 2.45) is 0 Å². The van der Waals surface area contributed by atoms with E-state index in [1.54, 1.807) is 0 Å². The summed E-state index contributed by atoms with van der Waals surface area (Å²) in [5, 5.41) is 1.28. The minimum Gasteiger partial charge on any atom is -0.303 e. The Morgan fingerprint density at radius 2 is 2.14 bits per heavy atom. The van der Waals surface area contributed by atoms with Gasteiger partial charge in [0.2, 0.25) is 5.28 Å². The van der Waals surface area contributed by atoms with Gasteiger partial charge in [0, 0.05) is 6.20 Å². The highest BCUT2D eigenvalue weighted by molar-refractivity contribution is 6.28. The summed E-state index contributed by atoms with van der Waals surface area (Å²) >= 11 is 5.29. The molecule has 8 heteroatoms. The monoisotopic (exact) mass is 225 g/mol. The average Bonchev–Trinajstić information content (AvgIpc) is 2.02. The highest BCUT2D eigenvalue weighted by Crippen LogP contribution is 2.17. The van der Waals surface area contributed by atoms with Crippen LogP contribution in [0.1, 0.15) is 0 Å². The summed E-state index contributed by atoms with van der Waals surface area (Å²) in [7, 11) is 0. The largest absolute Gasteiger partial charge is 0.471 e. The number of aromatic nitrogens is 2. The maximum atomic E-state index is 11.7. The number of rotatable bonds is 1. The van der Waals surface area contributed by atoms with Gasteiger partial charge in [-0.1, -0.05) is 0 Å². The van der Waals surface area contributed by atoms with E-state index >= 15 is 0 Å². The van der Waals surface area contributed by atoms with E-state index in [9.17, 15) is 18.0 Å². The Balaban J connectivity index is 2.75. The summed E-state index contributed by atoms with van der Waals surface area (Å²) in [6.45, 7) is 0. The Bertz CT molecular complexity index is 354. The van der Waals surface area contributed by atoms with Gasteiger partial charge in [0.15, 0.2) is 0 Å². The van der Waals surface area contributed by atoms with Crippen molar-refractivity contribution in [1.29, 1.82) is 0 Å². The minimum absolute atomic E-state index is 0.245. The molecular weight excluding hydrogens is 223 g/mol. The number of hydrogen-bond acceptors (Lipinski definition) is 3. The smallest absolute Gasteiger partial charge is 0.303 e. The molecule has 0 atom stereocenters. The average molecular weight is 226 g/mol. The molecule has 0 radical (unpaired) electrons. The molecule has 0 bridgehead atoms. The van der Waals surface area contributed by atoms with Gasteiger partial charge in [-0.05, 0) is 17.7 Å². The van der Waals surface area contributed by atoms with Gasteiger partial charge in [-0.3, -0.25) is 4.79 Å². The minimum atomic E-state index is -4.95. The molecule has 1 amide bonds. The molecule has 1 rings (SSSR count). The van der Waals surface area contributed by atoms with Crippen molar-refractivity contribution in [3.63, 3.8) is 0 Å². The molecule has 4 nitrogen and oxygen atoms in total. The summed E-state index contributed by atoms with van der Waals surface area (Å²) < 4.78 is 35.2. The number of amides is 1. The van der Waals surface area contributed by atoms with Gasteiger partial charge in [0.25, 0.3) is 0 Å². The molecule has 1 aromatic rings. The van der Waals surface area contributed by atoms with E-state index in [0.29, 0.717) is 0 Å². The second-order valence-corrected chi connectivity index (χ2v) is 2.50. The number of alkyl halides is 3. The zero-order valence-electron chi connectivity index (χ0n) is 6.47. The van der Waals surface area contributed by atoms with Gasteiger partial charge < -0.3 is 5.32 Å². The fraction of sp³-hybridized carbons (Fsp3) is 0.167. The van der Waals surface area contributed by atoms with E-state index in [-0.39, 0.29) is 11.1 Å². The van der Waals surface area contributed by atoms with Crippen LogP contribution in [-0.2, 0) is 4.79 Å². The topological polar surface area (TPSA) is 54.9 Å². The van der Waals surface area contributed by atoms with Crippen LogP contribution < -0.4 is 5.32 Å². The number of anilines is 1. The van der Waals surface area contributed by atoms with E-state index < -0.39 is 12.1 Å².